The SMILES string of the molecule is CC(C)C[C@H](NC(=O)OC(C)(C)C)C(=O)N[C@@H](C)C(O)CN(C)S(=O)(=O)c1ccccn1. The number of likely N-dealkylation sites (N-methyl/N-ethyl adjacent to an activating group) is 1. The molecule has 3 N–H and O–H groups in total. The molecule has 3 atom stereocenters. The fraction of sp³-hybridized carbons (Fsp3) is 0.667. The van der Waals surface area contributed by atoms with Crippen LogP contribution in [0.25, 0.3) is 0 Å². The van der Waals surface area contributed by atoms with Gasteiger partial charge in [0, 0.05) is 19.8 Å². The second-order valence-corrected chi connectivity index (χ2v) is 11.1. The number of aromatic nitrogens is 1. The fourth-order valence-electron chi connectivity index (χ4n) is 2.75. The third kappa shape index (κ3) is 9.09. The second kappa shape index (κ2) is 11.6. The van der Waals surface area contributed by atoms with E-state index in [1.807, 2.05) is 13.8 Å². The standard InChI is InChI=1S/C21H36N4O6S/c1-14(2)12-16(24-20(28)31-21(4,5)6)19(27)23-15(3)17(26)13-25(7)32(29,30)18-10-8-9-11-22-18/h8-11,14-17,26H,12-13H2,1-7H3,(H,23,27)(H,24,28)/t15-,16-,17?/m0/s1. The zero-order chi connectivity index (χ0) is 24.7. The van der Waals surface area contributed by atoms with Gasteiger partial charge in [-0.15, -0.1) is 0 Å². The van der Waals surface area contributed by atoms with E-state index in [4.69, 9.17) is 4.74 Å². The molecule has 0 aliphatic heterocycles. The molecule has 0 radical (unpaired) electrons. The first-order chi connectivity index (χ1) is 14.6. The second-order valence-electron chi connectivity index (χ2n) is 9.15. The summed E-state index contributed by atoms with van der Waals surface area (Å²) in [5.74, 6) is -0.387. The number of aliphatic hydroxyl groups excluding tert-OH is 1. The number of nitrogens with zero attached hydrogens (tertiary/aromatic N) is 2. The molecule has 182 valence electrons. The van der Waals surface area contributed by atoms with E-state index in [0.717, 1.165) is 4.31 Å². The number of aliphatic hydroxyl groups is 1. The summed E-state index contributed by atoms with van der Waals surface area (Å²) in [7, 11) is -2.56. The smallest absolute Gasteiger partial charge is 0.408 e. The number of amides is 2. The van der Waals surface area contributed by atoms with Crippen molar-refractivity contribution in [3.63, 3.8) is 0 Å². The van der Waals surface area contributed by atoms with E-state index in [9.17, 15) is 23.1 Å². The lowest BCUT2D eigenvalue weighted by Crippen LogP contribution is -2.54. The number of carbonyl (C=O) groups is 2. The van der Waals surface area contributed by atoms with Gasteiger partial charge >= 0.3 is 6.09 Å². The lowest BCUT2D eigenvalue weighted by molar-refractivity contribution is -0.125. The van der Waals surface area contributed by atoms with Crippen LogP contribution in [0.4, 0.5) is 4.79 Å². The molecule has 1 aromatic rings. The summed E-state index contributed by atoms with van der Waals surface area (Å²) in [4.78, 5) is 28.7. The zero-order valence-electron chi connectivity index (χ0n) is 19.8. The number of hydrogen-bond acceptors (Lipinski definition) is 7. The summed E-state index contributed by atoms with van der Waals surface area (Å²) in [6, 6.07) is 2.88. The average Bonchev–Trinajstić information content (AvgIpc) is 2.66. The van der Waals surface area contributed by atoms with E-state index >= 15 is 0 Å². The monoisotopic (exact) mass is 472 g/mol. The van der Waals surface area contributed by atoms with Crippen LogP contribution in [0.1, 0.15) is 48.0 Å². The Labute approximate surface area is 190 Å². The Morgan fingerprint density at radius 3 is 2.31 bits per heavy atom. The Morgan fingerprint density at radius 2 is 1.81 bits per heavy atom. The van der Waals surface area contributed by atoms with E-state index in [1.165, 1.54) is 19.3 Å². The van der Waals surface area contributed by atoms with Crippen LogP contribution in [0.3, 0.4) is 0 Å². The summed E-state index contributed by atoms with van der Waals surface area (Å²) >= 11 is 0. The number of rotatable bonds is 10. The van der Waals surface area contributed by atoms with E-state index in [-0.39, 0.29) is 17.5 Å². The largest absolute Gasteiger partial charge is 0.444 e. The molecule has 0 spiro atoms. The summed E-state index contributed by atoms with van der Waals surface area (Å²) in [5, 5.41) is 15.6. The normalized spacial score (nSPS) is 15.2. The van der Waals surface area contributed by atoms with Crippen molar-refractivity contribution in [3.05, 3.63) is 24.4 Å². The van der Waals surface area contributed by atoms with Gasteiger partial charge in [-0.05, 0) is 52.2 Å². The Hall–Kier alpha value is -2.24. The van der Waals surface area contributed by atoms with Crippen molar-refractivity contribution in [1.82, 2.24) is 19.9 Å². The molecule has 10 nitrogen and oxygen atoms in total. The molecule has 0 saturated heterocycles. The van der Waals surface area contributed by atoms with Crippen LogP contribution in [0.2, 0.25) is 0 Å². The van der Waals surface area contributed by atoms with Crippen LogP contribution in [-0.2, 0) is 19.6 Å². The van der Waals surface area contributed by atoms with Crippen LogP contribution < -0.4 is 10.6 Å². The minimum absolute atomic E-state index is 0.107. The van der Waals surface area contributed by atoms with Crippen molar-refractivity contribution in [3.8, 4) is 0 Å². The third-order valence-corrected chi connectivity index (χ3v) is 6.16. The minimum Gasteiger partial charge on any atom is -0.444 e. The topological polar surface area (TPSA) is 138 Å². The highest BCUT2D eigenvalue weighted by Crippen LogP contribution is 2.13. The van der Waals surface area contributed by atoms with E-state index in [1.54, 1.807) is 39.8 Å². The maximum Gasteiger partial charge on any atom is 0.408 e. The van der Waals surface area contributed by atoms with Crippen LogP contribution in [0, 0.1) is 5.92 Å². The van der Waals surface area contributed by atoms with Gasteiger partial charge in [0.25, 0.3) is 10.0 Å². The van der Waals surface area contributed by atoms with Gasteiger partial charge in [0.15, 0.2) is 5.03 Å². The number of sulfonamides is 1. The first-order valence-electron chi connectivity index (χ1n) is 10.5. The molecule has 1 rings (SSSR count). The van der Waals surface area contributed by atoms with Crippen LogP contribution in [0.5, 0.6) is 0 Å². The van der Waals surface area contributed by atoms with Crippen molar-refractivity contribution in [2.75, 3.05) is 13.6 Å². The third-order valence-electron chi connectivity index (χ3n) is 4.42. The molecule has 0 aromatic carbocycles. The minimum atomic E-state index is -3.89. The molecule has 0 aliphatic rings. The molecule has 32 heavy (non-hydrogen) atoms. The van der Waals surface area contributed by atoms with Gasteiger partial charge in [-0.2, -0.15) is 4.31 Å². The van der Waals surface area contributed by atoms with Crippen LogP contribution in [0.15, 0.2) is 29.4 Å². The molecule has 1 heterocycles. The van der Waals surface area contributed by atoms with Gasteiger partial charge in [-0.25, -0.2) is 18.2 Å². The molecular formula is C21H36N4O6S. The fourth-order valence-corrected chi connectivity index (χ4v) is 3.87. The van der Waals surface area contributed by atoms with E-state index in [2.05, 4.69) is 15.6 Å². The first-order valence-corrected chi connectivity index (χ1v) is 11.9. The molecule has 11 heteroatoms. The molecule has 2 amide bonds. The molecule has 1 unspecified atom stereocenters. The number of ether oxygens (including phenoxy) is 1. The van der Waals surface area contributed by atoms with Crippen molar-refractivity contribution in [2.24, 2.45) is 5.92 Å². The Balaban J connectivity index is 2.78. The molecule has 0 saturated carbocycles. The highest BCUT2D eigenvalue weighted by molar-refractivity contribution is 7.89. The van der Waals surface area contributed by atoms with Gasteiger partial charge in [0.05, 0.1) is 12.1 Å². The number of alkyl carbamates (subject to hydrolysis) is 1. The van der Waals surface area contributed by atoms with Crippen LogP contribution >= 0.6 is 0 Å². The Bertz CT molecular complexity index is 855. The molecule has 1 aromatic heterocycles. The van der Waals surface area contributed by atoms with Crippen molar-refractivity contribution >= 4 is 22.0 Å². The van der Waals surface area contributed by atoms with Gasteiger partial charge in [-0.3, -0.25) is 4.79 Å². The van der Waals surface area contributed by atoms with Crippen molar-refractivity contribution in [2.45, 2.75) is 76.8 Å². The first kappa shape index (κ1) is 27.8. The summed E-state index contributed by atoms with van der Waals surface area (Å²) in [6.07, 6.45) is -0.176. The number of carbonyl (C=O) groups excluding carboxylic acids is 2. The average molecular weight is 473 g/mol. The molecule has 0 aliphatic carbocycles. The van der Waals surface area contributed by atoms with Crippen LogP contribution in [-0.4, -0.2) is 72.2 Å². The van der Waals surface area contributed by atoms with Crippen molar-refractivity contribution < 1.29 is 27.9 Å². The Morgan fingerprint density at radius 1 is 1.19 bits per heavy atom. The van der Waals surface area contributed by atoms with E-state index < -0.39 is 45.8 Å². The quantitative estimate of drug-likeness (QED) is 0.469. The summed E-state index contributed by atoms with van der Waals surface area (Å²) in [6.45, 7) is 10.3. The maximum atomic E-state index is 12.8. The van der Waals surface area contributed by atoms with E-state index in [0.29, 0.717) is 6.42 Å². The van der Waals surface area contributed by atoms with Gasteiger partial charge in [0.2, 0.25) is 5.91 Å². The predicted octanol–water partition coefficient (Wildman–Crippen LogP) is 1.51. The molecular weight excluding hydrogens is 436 g/mol. The number of pyridine rings is 1. The number of nitrogens with one attached hydrogen (secondary N) is 2. The molecule has 0 bridgehead atoms. The summed E-state index contributed by atoms with van der Waals surface area (Å²) < 4.78 is 31.4. The lowest BCUT2D eigenvalue weighted by Gasteiger charge is -2.28. The maximum absolute atomic E-state index is 12.8. The summed E-state index contributed by atoms with van der Waals surface area (Å²) in [5.41, 5.74) is -0.712. The van der Waals surface area contributed by atoms with Gasteiger partial charge in [-0.1, -0.05) is 19.9 Å². The highest BCUT2D eigenvalue weighted by atomic mass is 32.2. The van der Waals surface area contributed by atoms with Gasteiger partial charge < -0.3 is 20.5 Å². The zero-order valence-corrected chi connectivity index (χ0v) is 20.6. The Kier molecular flexibility index (Phi) is 10.1. The molecule has 0 fully saturated rings. The predicted molar refractivity (Wildman–Crippen MR) is 120 cm³/mol. The number of hydrogen-bond donors (Lipinski definition) is 3. The lowest BCUT2D eigenvalue weighted by atomic mass is 10.0. The van der Waals surface area contributed by atoms with Crippen molar-refractivity contribution in [1.29, 1.82) is 0 Å². The van der Waals surface area contributed by atoms with Gasteiger partial charge in [0.1, 0.15) is 11.6 Å². The highest BCUT2D eigenvalue weighted by Gasteiger charge is 2.30.